The molecule has 0 N–H and O–H groups in total. The molecule has 0 heterocycles. The topological polar surface area (TPSA) is 18.5 Å². The summed E-state index contributed by atoms with van der Waals surface area (Å²) < 4.78 is 10.00. The summed E-state index contributed by atoms with van der Waals surface area (Å²) in [5, 5.41) is 0. The Morgan fingerprint density at radius 2 is 1.33 bits per heavy atom. The number of hydrogen-bond donors (Lipinski definition) is 0. The van der Waals surface area contributed by atoms with Crippen molar-refractivity contribution in [3.63, 3.8) is 0 Å². The number of ether oxygens (including phenoxy) is 2. The molecule has 0 radical (unpaired) electrons. The van der Waals surface area contributed by atoms with Crippen molar-refractivity contribution in [2.75, 3.05) is 25.1 Å². The lowest BCUT2D eigenvalue weighted by Gasteiger charge is -1.99. The Labute approximate surface area is 81.2 Å². The van der Waals surface area contributed by atoms with E-state index in [4.69, 9.17) is 22.3 Å². The van der Waals surface area contributed by atoms with Gasteiger partial charge >= 0.3 is 0 Å². The summed E-state index contributed by atoms with van der Waals surface area (Å²) in [4.78, 5) is 0. The van der Waals surface area contributed by atoms with Gasteiger partial charge in [-0.2, -0.15) is 0 Å². The summed E-state index contributed by atoms with van der Waals surface area (Å²) in [6.07, 6.45) is 9.94. The minimum Gasteiger partial charge on any atom is -0.357 e. The quantitative estimate of drug-likeness (QED) is 0.270. The fourth-order valence-electron chi connectivity index (χ4n) is 0.337. The van der Waals surface area contributed by atoms with Crippen molar-refractivity contribution < 1.29 is 9.47 Å². The van der Waals surface area contributed by atoms with Gasteiger partial charge in [0.25, 0.3) is 0 Å². The highest BCUT2D eigenvalue weighted by molar-refractivity contribution is 8.76. The predicted molar refractivity (Wildman–Crippen MR) is 54.5 cm³/mol. The van der Waals surface area contributed by atoms with Gasteiger partial charge in [0.1, 0.15) is 25.1 Å². The molecule has 0 fully saturated rings. The number of terminal acetylenes is 2. The van der Waals surface area contributed by atoms with Gasteiger partial charge in [-0.3, -0.25) is 0 Å². The third-order valence-electron chi connectivity index (χ3n) is 0.717. The van der Waals surface area contributed by atoms with Crippen LogP contribution < -0.4 is 0 Å². The molecule has 2 nitrogen and oxygen atoms in total. The van der Waals surface area contributed by atoms with Crippen LogP contribution >= 0.6 is 21.6 Å². The van der Waals surface area contributed by atoms with E-state index in [1.807, 2.05) is 0 Å². The summed E-state index contributed by atoms with van der Waals surface area (Å²) in [7, 11) is 3.10. The number of rotatable bonds is 7. The van der Waals surface area contributed by atoms with Crippen molar-refractivity contribution in [1.82, 2.24) is 0 Å². The zero-order chi connectivity index (χ0) is 9.07. The zero-order valence-electron chi connectivity index (χ0n) is 6.62. The lowest BCUT2D eigenvalue weighted by molar-refractivity contribution is 0.221. The molecule has 0 spiro atoms. The Balaban J connectivity index is 2.84. The summed E-state index contributed by atoms with van der Waals surface area (Å²) in [5.41, 5.74) is 0. The van der Waals surface area contributed by atoms with Gasteiger partial charge in [-0.25, -0.2) is 0 Å². The van der Waals surface area contributed by atoms with Crippen molar-refractivity contribution >= 4 is 21.6 Å². The molecule has 4 heteroatoms. The van der Waals surface area contributed by atoms with E-state index in [2.05, 4.69) is 11.8 Å². The van der Waals surface area contributed by atoms with Crippen LogP contribution in [0.15, 0.2) is 0 Å². The predicted octanol–water partition coefficient (Wildman–Crippen LogP) is 1.58. The van der Waals surface area contributed by atoms with Gasteiger partial charge in [-0.1, -0.05) is 33.4 Å². The van der Waals surface area contributed by atoms with Crippen molar-refractivity contribution in [3.05, 3.63) is 0 Å². The van der Waals surface area contributed by atoms with Crippen molar-refractivity contribution in [3.8, 4) is 24.7 Å². The van der Waals surface area contributed by atoms with E-state index in [0.29, 0.717) is 25.1 Å². The molecule has 0 atom stereocenters. The second kappa shape index (κ2) is 10.7. The standard InChI is InChI=1S/C8H10O2S2/c1-3-5-9-7-11-12-8-10-6-4-2/h1-2H,5-8H2. The van der Waals surface area contributed by atoms with Crippen LogP contribution in [0, 0.1) is 24.7 Å². The highest BCUT2D eigenvalue weighted by Gasteiger charge is 1.88. The molecule has 0 saturated carbocycles. The second-order valence-corrected chi connectivity index (χ2v) is 3.93. The first-order chi connectivity index (χ1) is 5.91. The van der Waals surface area contributed by atoms with E-state index >= 15 is 0 Å². The minimum absolute atomic E-state index is 0.360. The first-order valence-corrected chi connectivity index (χ1v) is 5.67. The van der Waals surface area contributed by atoms with E-state index in [9.17, 15) is 0 Å². The largest absolute Gasteiger partial charge is 0.357 e. The molecular weight excluding hydrogens is 192 g/mol. The van der Waals surface area contributed by atoms with Gasteiger partial charge in [-0.05, 0) is 0 Å². The maximum absolute atomic E-state index is 5.00. The highest BCUT2D eigenvalue weighted by Crippen LogP contribution is 2.20. The van der Waals surface area contributed by atoms with Crippen molar-refractivity contribution in [2.45, 2.75) is 0 Å². The summed E-state index contributed by atoms with van der Waals surface area (Å²) in [6.45, 7) is 0.720. The smallest absolute Gasteiger partial charge is 0.108 e. The average Bonchev–Trinajstić information content (AvgIpc) is 2.10. The van der Waals surface area contributed by atoms with E-state index in [1.54, 1.807) is 21.6 Å². The van der Waals surface area contributed by atoms with Crippen LogP contribution in [-0.2, 0) is 9.47 Å². The van der Waals surface area contributed by atoms with Crippen LogP contribution in [0.25, 0.3) is 0 Å². The van der Waals surface area contributed by atoms with Gasteiger partial charge < -0.3 is 9.47 Å². The zero-order valence-corrected chi connectivity index (χ0v) is 8.25. The molecule has 0 unspecified atom stereocenters. The molecule has 0 amide bonds. The molecule has 0 aromatic heterocycles. The first-order valence-electron chi connectivity index (χ1n) is 3.18. The van der Waals surface area contributed by atoms with E-state index in [1.165, 1.54) is 0 Å². The lowest BCUT2D eigenvalue weighted by atomic mass is 10.8. The third kappa shape index (κ3) is 9.74. The molecule has 0 saturated heterocycles. The summed E-state index contributed by atoms with van der Waals surface area (Å²) in [5.74, 6) is 5.91. The highest BCUT2D eigenvalue weighted by atomic mass is 33.1. The lowest BCUT2D eigenvalue weighted by Crippen LogP contribution is -1.90. The molecule has 0 rings (SSSR count). The molecule has 0 aliphatic rings. The van der Waals surface area contributed by atoms with Gasteiger partial charge in [0.2, 0.25) is 0 Å². The van der Waals surface area contributed by atoms with Crippen LogP contribution in [-0.4, -0.2) is 25.1 Å². The average molecular weight is 202 g/mol. The second-order valence-electron chi connectivity index (χ2n) is 1.58. The van der Waals surface area contributed by atoms with Gasteiger partial charge in [0.05, 0.1) is 0 Å². The Morgan fingerprint density at radius 3 is 1.67 bits per heavy atom. The monoisotopic (exact) mass is 202 g/mol. The van der Waals surface area contributed by atoms with Crippen molar-refractivity contribution in [2.24, 2.45) is 0 Å². The Kier molecular flexibility index (Phi) is 10.5. The summed E-state index contributed by atoms with van der Waals surface area (Å²) in [6, 6.07) is 0. The van der Waals surface area contributed by atoms with Gasteiger partial charge in [0.15, 0.2) is 0 Å². The maximum atomic E-state index is 5.00. The molecule has 0 aromatic carbocycles. The number of hydrogen-bond acceptors (Lipinski definition) is 4. The Bertz CT molecular complexity index is 149. The molecule has 66 valence electrons. The molecule has 0 aliphatic heterocycles. The van der Waals surface area contributed by atoms with Gasteiger partial charge in [0, 0.05) is 0 Å². The van der Waals surface area contributed by atoms with E-state index in [-0.39, 0.29) is 0 Å². The molecular formula is C8H10O2S2. The first kappa shape index (κ1) is 11.7. The van der Waals surface area contributed by atoms with Crippen LogP contribution in [0.1, 0.15) is 0 Å². The third-order valence-corrected chi connectivity index (χ3v) is 2.49. The van der Waals surface area contributed by atoms with Gasteiger partial charge in [-0.15, -0.1) is 12.8 Å². The fourth-order valence-corrected chi connectivity index (χ4v) is 1.59. The Morgan fingerprint density at radius 1 is 0.917 bits per heavy atom. The fraction of sp³-hybridized carbons (Fsp3) is 0.500. The SMILES string of the molecule is C#CCOCSSCOCC#C. The normalized spacial score (nSPS) is 8.83. The minimum atomic E-state index is 0.360. The van der Waals surface area contributed by atoms with Crippen LogP contribution in [0.2, 0.25) is 0 Å². The Hall–Kier alpha value is -0.260. The van der Waals surface area contributed by atoms with Crippen LogP contribution in [0.4, 0.5) is 0 Å². The molecule has 12 heavy (non-hydrogen) atoms. The molecule has 0 bridgehead atoms. The van der Waals surface area contributed by atoms with E-state index < -0.39 is 0 Å². The van der Waals surface area contributed by atoms with Crippen LogP contribution in [0.5, 0.6) is 0 Å². The van der Waals surface area contributed by atoms with Crippen LogP contribution in [0.3, 0.4) is 0 Å². The maximum Gasteiger partial charge on any atom is 0.108 e. The summed E-state index contributed by atoms with van der Waals surface area (Å²) >= 11 is 0. The van der Waals surface area contributed by atoms with Crippen molar-refractivity contribution in [1.29, 1.82) is 0 Å². The molecule has 0 aliphatic carbocycles. The molecule has 0 aromatic rings. The van der Waals surface area contributed by atoms with E-state index in [0.717, 1.165) is 0 Å².